The zero-order valence-electron chi connectivity index (χ0n) is 10.9. The van der Waals surface area contributed by atoms with E-state index in [9.17, 15) is 22.0 Å². The van der Waals surface area contributed by atoms with E-state index in [4.69, 9.17) is 5.11 Å². The number of carbonyl (C=O) groups is 1. The van der Waals surface area contributed by atoms with Gasteiger partial charge in [-0.15, -0.1) is 0 Å². The molecule has 0 heterocycles. The molecule has 1 aromatic rings. The Morgan fingerprint density at radius 1 is 1.35 bits per heavy atom. The van der Waals surface area contributed by atoms with Crippen molar-refractivity contribution in [3.63, 3.8) is 0 Å². The summed E-state index contributed by atoms with van der Waals surface area (Å²) in [5.74, 6) is -4.51. The fraction of sp³-hybridized carbons (Fsp3) is 0.417. The van der Waals surface area contributed by atoms with Gasteiger partial charge in [0.15, 0.2) is 0 Å². The molecule has 2 N–H and O–H groups in total. The molecule has 0 radical (unpaired) electrons. The van der Waals surface area contributed by atoms with E-state index in [-0.39, 0.29) is 12.5 Å². The molecule has 0 saturated heterocycles. The van der Waals surface area contributed by atoms with E-state index in [1.54, 1.807) is 13.8 Å². The SMILES string of the molecule is CC(C)C(CNS(=O)(=O)c1ccc(F)cc1F)C(=O)O. The molecule has 0 aromatic heterocycles. The first-order valence-electron chi connectivity index (χ1n) is 5.82. The Balaban J connectivity index is 2.93. The van der Waals surface area contributed by atoms with E-state index in [0.29, 0.717) is 6.07 Å². The van der Waals surface area contributed by atoms with Gasteiger partial charge < -0.3 is 5.11 Å². The average molecular weight is 307 g/mol. The molecule has 1 aromatic carbocycles. The molecule has 8 heteroatoms. The third-order valence-corrected chi connectivity index (χ3v) is 4.26. The summed E-state index contributed by atoms with van der Waals surface area (Å²) in [6.07, 6.45) is 0. The summed E-state index contributed by atoms with van der Waals surface area (Å²) in [4.78, 5) is 10.2. The molecule has 0 spiro atoms. The number of hydrogen-bond donors (Lipinski definition) is 2. The summed E-state index contributed by atoms with van der Waals surface area (Å²) in [5, 5.41) is 8.94. The van der Waals surface area contributed by atoms with Gasteiger partial charge in [0.2, 0.25) is 10.0 Å². The highest BCUT2D eigenvalue weighted by atomic mass is 32.2. The summed E-state index contributed by atoms with van der Waals surface area (Å²) in [6, 6.07) is 2.05. The number of aliphatic carboxylic acids is 1. The third-order valence-electron chi connectivity index (χ3n) is 2.80. The molecule has 0 saturated carbocycles. The monoisotopic (exact) mass is 307 g/mol. The number of nitrogens with one attached hydrogen (secondary N) is 1. The van der Waals surface area contributed by atoms with Gasteiger partial charge in [-0.05, 0) is 18.1 Å². The molecule has 1 unspecified atom stereocenters. The lowest BCUT2D eigenvalue weighted by Gasteiger charge is -2.17. The Morgan fingerprint density at radius 2 is 1.95 bits per heavy atom. The van der Waals surface area contributed by atoms with Crippen LogP contribution in [0.3, 0.4) is 0 Å². The van der Waals surface area contributed by atoms with E-state index in [0.717, 1.165) is 12.1 Å². The van der Waals surface area contributed by atoms with Gasteiger partial charge in [-0.1, -0.05) is 13.8 Å². The minimum absolute atomic E-state index is 0.298. The van der Waals surface area contributed by atoms with Gasteiger partial charge in [0.1, 0.15) is 16.5 Å². The van der Waals surface area contributed by atoms with E-state index >= 15 is 0 Å². The second kappa shape index (κ2) is 6.27. The van der Waals surface area contributed by atoms with Crippen molar-refractivity contribution in [1.82, 2.24) is 4.72 Å². The number of carboxylic acid groups (broad SMARTS) is 1. The zero-order valence-corrected chi connectivity index (χ0v) is 11.7. The number of sulfonamides is 1. The van der Waals surface area contributed by atoms with Crippen molar-refractivity contribution < 1.29 is 27.1 Å². The van der Waals surface area contributed by atoms with Crippen LogP contribution in [0.1, 0.15) is 13.8 Å². The number of hydrogen-bond acceptors (Lipinski definition) is 3. The van der Waals surface area contributed by atoms with E-state index in [1.165, 1.54) is 0 Å². The highest BCUT2D eigenvalue weighted by molar-refractivity contribution is 7.89. The quantitative estimate of drug-likeness (QED) is 0.836. The molecule has 0 aliphatic rings. The standard InChI is InChI=1S/C12H15F2NO4S/c1-7(2)9(12(16)17)6-15-20(18,19)11-4-3-8(13)5-10(11)14/h3-5,7,9,15H,6H2,1-2H3,(H,16,17). The second-order valence-corrected chi connectivity index (χ2v) is 6.35. The van der Waals surface area contributed by atoms with Crippen LogP contribution in [0.2, 0.25) is 0 Å². The van der Waals surface area contributed by atoms with E-state index in [2.05, 4.69) is 0 Å². The normalized spacial score (nSPS) is 13.4. The van der Waals surface area contributed by atoms with Gasteiger partial charge in [0, 0.05) is 12.6 Å². The fourth-order valence-electron chi connectivity index (χ4n) is 1.58. The molecule has 1 atom stereocenters. The van der Waals surface area contributed by atoms with Crippen molar-refractivity contribution in [2.75, 3.05) is 6.54 Å². The third kappa shape index (κ3) is 3.97. The summed E-state index contributed by atoms with van der Waals surface area (Å²) in [6.45, 7) is 2.89. The largest absolute Gasteiger partial charge is 0.481 e. The maximum absolute atomic E-state index is 13.4. The minimum atomic E-state index is -4.22. The van der Waals surface area contributed by atoms with Crippen LogP contribution in [0.5, 0.6) is 0 Å². The van der Waals surface area contributed by atoms with Crippen molar-refractivity contribution in [3.8, 4) is 0 Å². The van der Waals surface area contributed by atoms with Crippen molar-refractivity contribution in [1.29, 1.82) is 0 Å². The number of carboxylic acids is 1. The van der Waals surface area contributed by atoms with Gasteiger partial charge in [0.25, 0.3) is 0 Å². The van der Waals surface area contributed by atoms with Crippen LogP contribution in [0.4, 0.5) is 8.78 Å². The number of halogens is 2. The average Bonchev–Trinajstić information content (AvgIpc) is 2.26. The maximum Gasteiger partial charge on any atom is 0.308 e. The lowest BCUT2D eigenvalue weighted by atomic mass is 9.97. The molecular formula is C12H15F2NO4S. The van der Waals surface area contributed by atoms with E-state index < -0.39 is 38.4 Å². The van der Waals surface area contributed by atoms with Gasteiger partial charge in [-0.25, -0.2) is 21.9 Å². The van der Waals surface area contributed by atoms with Gasteiger partial charge in [-0.2, -0.15) is 0 Å². The van der Waals surface area contributed by atoms with Crippen LogP contribution < -0.4 is 4.72 Å². The lowest BCUT2D eigenvalue weighted by molar-refractivity contribution is -0.142. The van der Waals surface area contributed by atoms with Crippen molar-refractivity contribution >= 4 is 16.0 Å². The molecule has 0 amide bonds. The molecule has 112 valence electrons. The first-order valence-corrected chi connectivity index (χ1v) is 7.31. The predicted octanol–water partition coefficient (Wildman–Crippen LogP) is 1.60. The zero-order chi connectivity index (χ0) is 15.5. The Bertz CT molecular complexity index is 601. The summed E-state index contributed by atoms with van der Waals surface area (Å²) in [7, 11) is -4.22. The summed E-state index contributed by atoms with van der Waals surface area (Å²) < 4.78 is 51.9. The Hall–Kier alpha value is -1.54. The first-order chi connectivity index (χ1) is 9.15. The predicted molar refractivity (Wildman–Crippen MR) is 67.5 cm³/mol. The highest BCUT2D eigenvalue weighted by Crippen LogP contribution is 2.16. The molecule has 0 bridgehead atoms. The van der Waals surface area contributed by atoms with Crippen LogP contribution in [0.15, 0.2) is 23.1 Å². The summed E-state index contributed by atoms with van der Waals surface area (Å²) >= 11 is 0. The van der Waals surface area contributed by atoms with Gasteiger partial charge >= 0.3 is 5.97 Å². The molecule has 0 aliphatic carbocycles. The molecule has 0 fully saturated rings. The Morgan fingerprint density at radius 3 is 2.40 bits per heavy atom. The minimum Gasteiger partial charge on any atom is -0.481 e. The van der Waals surface area contributed by atoms with Crippen molar-refractivity contribution in [3.05, 3.63) is 29.8 Å². The second-order valence-electron chi connectivity index (χ2n) is 4.62. The van der Waals surface area contributed by atoms with Crippen LogP contribution in [0.25, 0.3) is 0 Å². The van der Waals surface area contributed by atoms with Crippen molar-refractivity contribution in [2.45, 2.75) is 18.7 Å². The molecule has 20 heavy (non-hydrogen) atoms. The highest BCUT2D eigenvalue weighted by Gasteiger charge is 2.26. The van der Waals surface area contributed by atoms with Gasteiger partial charge in [-0.3, -0.25) is 4.79 Å². The first kappa shape index (κ1) is 16.5. The van der Waals surface area contributed by atoms with E-state index in [1.807, 2.05) is 4.72 Å². The van der Waals surface area contributed by atoms with Crippen LogP contribution >= 0.6 is 0 Å². The van der Waals surface area contributed by atoms with Crippen LogP contribution in [-0.2, 0) is 14.8 Å². The fourth-order valence-corrected chi connectivity index (χ4v) is 2.70. The lowest BCUT2D eigenvalue weighted by Crippen LogP contribution is -2.35. The van der Waals surface area contributed by atoms with Crippen LogP contribution in [-0.4, -0.2) is 26.0 Å². The maximum atomic E-state index is 13.4. The van der Waals surface area contributed by atoms with Gasteiger partial charge in [0.05, 0.1) is 5.92 Å². The van der Waals surface area contributed by atoms with Crippen LogP contribution in [0, 0.1) is 23.5 Å². The Labute approximate surface area is 115 Å². The van der Waals surface area contributed by atoms with Crippen molar-refractivity contribution in [2.24, 2.45) is 11.8 Å². The smallest absolute Gasteiger partial charge is 0.308 e. The number of benzene rings is 1. The number of rotatable bonds is 6. The summed E-state index contributed by atoms with van der Waals surface area (Å²) in [5.41, 5.74) is 0. The molecule has 5 nitrogen and oxygen atoms in total. The topological polar surface area (TPSA) is 83.5 Å². The Kier molecular flexibility index (Phi) is 5.18. The molecule has 1 rings (SSSR count). The molecular weight excluding hydrogens is 292 g/mol. The molecule has 0 aliphatic heterocycles.